The molecule has 0 unspecified atom stereocenters. The molecule has 0 atom stereocenters. The minimum atomic E-state index is 0. The van der Waals surface area contributed by atoms with E-state index in [2.05, 4.69) is 0 Å². The molecule has 6 nitrogen and oxygen atoms in total. The number of benzene rings is 2. The van der Waals surface area contributed by atoms with E-state index in [0.29, 0.717) is 27.6 Å². The van der Waals surface area contributed by atoms with Crippen molar-refractivity contribution in [2.24, 2.45) is 0 Å². The van der Waals surface area contributed by atoms with E-state index < -0.39 is 0 Å². The Labute approximate surface area is 131 Å². The SMILES string of the molecule is O.O.O.O.Oc1cc(Cl)ccc1Cc1ccc(Cl)cc1O. The van der Waals surface area contributed by atoms with Crippen molar-refractivity contribution in [2.75, 3.05) is 0 Å². The largest absolute Gasteiger partial charge is 0.508 e. The summed E-state index contributed by atoms with van der Waals surface area (Å²) >= 11 is 11.5. The number of hydrogen-bond acceptors (Lipinski definition) is 2. The summed E-state index contributed by atoms with van der Waals surface area (Å²) in [5, 5.41) is 20.4. The molecule has 0 bridgehead atoms. The normalized spacial score (nSPS) is 8.48. The molecule has 0 spiro atoms. The lowest BCUT2D eigenvalue weighted by Crippen LogP contribution is -1.89. The molecule has 0 aliphatic carbocycles. The summed E-state index contributed by atoms with van der Waals surface area (Å²) in [5.74, 6) is 0.235. The summed E-state index contributed by atoms with van der Waals surface area (Å²) < 4.78 is 0. The third kappa shape index (κ3) is 6.17. The molecule has 8 heteroatoms. The lowest BCUT2D eigenvalue weighted by atomic mass is 10.0. The molecule has 2 aromatic carbocycles. The summed E-state index contributed by atoms with van der Waals surface area (Å²) in [6.07, 6.45) is 0.423. The Hall–Kier alpha value is -1.54. The van der Waals surface area contributed by atoms with Gasteiger partial charge in [0.05, 0.1) is 0 Å². The van der Waals surface area contributed by atoms with Crippen LogP contribution in [0.5, 0.6) is 11.5 Å². The first kappa shape index (κ1) is 24.5. The molecule has 0 aromatic heterocycles. The van der Waals surface area contributed by atoms with E-state index in [0.717, 1.165) is 0 Å². The molecule has 0 radical (unpaired) electrons. The predicted octanol–water partition coefficient (Wildman–Crippen LogP) is 0.697. The average molecular weight is 341 g/mol. The van der Waals surface area contributed by atoms with Crippen LogP contribution < -0.4 is 0 Å². The van der Waals surface area contributed by atoms with Gasteiger partial charge in [-0.15, -0.1) is 0 Å². The first-order chi connectivity index (χ1) is 8.06. The van der Waals surface area contributed by atoms with Gasteiger partial charge in [0.2, 0.25) is 0 Å². The van der Waals surface area contributed by atoms with Crippen LogP contribution in [0.3, 0.4) is 0 Å². The fraction of sp³-hybridized carbons (Fsp3) is 0.0769. The lowest BCUT2D eigenvalue weighted by Gasteiger charge is -2.07. The van der Waals surface area contributed by atoms with E-state index >= 15 is 0 Å². The van der Waals surface area contributed by atoms with Crippen LogP contribution >= 0.6 is 23.2 Å². The smallest absolute Gasteiger partial charge is 0.120 e. The monoisotopic (exact) mass is 340 g/mol. The molecule has 2 rings (SSSR count). The zero-order chi connectivity index (χ0) is 12.4. The minimum absolute atomic E-state index is 0. The number of halogens is 2. The fourth-order valence-corrected chi connectivity index (χ4v) is 1.91. The molecule has 0 fully saturated rings. The average Bonchev–Trinajstić information content (AvgIpc) is 2.25. The van der Waals surface area contributed by atoms with E-state index in [1.807, 2.05) is 0 Å². The van der Waals surface area contributed by atoms with Crippen LogP contribution in [0.1, 0.15) is 11.1 Å². The second-order valence-corrected chi connectivity index (χ2v) is 4.60. The number of aromatic hydroxyl groups is 2. The van der Waals surface area contributed by atoms with Gasteiger partial charge in [-0.3, -0.25) is 0 Å². The van der Waals surface area contributed by atoms with Gasteiger partial charge in [0.25, 0.3) is 0 Å². The van der Waals surface area contributed by atoms with Crippen molar-refractivity contribution in [2.45, 2.75) is 6.42 Å². The number of phenols is 2. The fourth-order valence-electron chi connectivity index (χ4n) is 1.58. The first-order valence-corrected chi connectivity index (χ1v) is 5.76. The van der Waals surface area contributed by atoms with Crippen LogP contribution in [-0.4, -0.2) is 32.1 Å². The Balaban J connectivity index is -0.000000810. The van der Waals surface area contributed by atoms with Crippen molar-refractivity contribution >= 4 is 23.2 Å². The minimum Gasteiger partial charge on any atom is -0.508 e. The number of rotatable bonds is 2. The highest BCUT2D eigenvalue weighted by Gasteiger charge is 2.07. The standard InChI is InChI=1S/C13H10Cl2O2.4H2O/c14-10-3-1-8(12(16)6-10)5-9-2-4-11(15)7-13(9)17;;;;/h1-4,6-7,16-17H,5H2;4*1H2. The van der Waals surface area contributed by atoms with Crippen LogP contribution in [0.15, 0.2) is 36.4 Å². The van der Waals surface area contributed by atoms with E-state index in [-0.39, 0.29) is 33.4 Å². The molecule has 0 saturated carbocycles. The maximum absolute atomic E-state index is 9.71. The van der Waals surface area contributed by atoms with Crippen LogP contribution in [0.25, 0.3) is 0 Å². The van der Waals surface area contributed by atoms with Gasteiger partial charge in [-0.25, -0.2) is 0 Å². The van der Waals surface area contributed by atoms with Gasteiger partial charge < -0.3 is 32.1 Å². The third-order valence-electron chi connectivity index (χ3n) is 2.48. The Morgan fingerprint density at radius 1 is 0.667 bits per heavy atom. The maximum atomic E-state index is 9.71. The van der Waals surface area contributed by atoms with Gasteiger partial charge in [-0.05, 0) is 35.4 Å². The summed E-state index contributed by atoms with van der Waals surface area (Å²) in [6.45, 7) is 0. The van der Waals surface area contributed by atoms with Gasteiger partial charge in [0, 0.05) is 16.5 Å². The van der Waals surface area contributed by atoms with Crippen molar-refractivity contribution in [3.63, 3.8) is 0 Å². The van der Waals surface area contributed by atoms with Crippen LogP contribution in [-0.2, 0) is 6.42 Å². The Morgan fingerprint density at radius 2 is 1.00 bits per heavy atom. The Bertz CT molecular complexity index is 513. The second kappa shape index (κ2) is 10.2. The molecular formula is C13H18Cl2O6. The van der Waals surface area contributed by atoms with Crippen molar-refractivity contribution in [3.05, 3.63) is 57.6 Å². The highest BCUT2D eigenvalue weighted by Crippen LogP contribution is 2.28. The highest BCUT2D eigenvalue weighted by atomic mass is 35.5. The van der Waals surface area contributed by atoms with E-state index in [1.165, 1.54) is 12.1 Å². The van der Waals surface area contributed by atoms with Crippen LogP contribution in [0.2, 0.25) is 10.0 Å². The van der Waals surface area contributed by atoms with Crippen molar-refractivity contribution < 1.29 is 32.1 Å². The number of hydrogen-bond donors (Lipinski definition) is 2. The second-order valence-electron chi connectivity index (χ2n) is 3.72. The molecule has 21 heavy (non-hydrogen) atoms. The molecule has 0 heterocycles. The third-order valence-corrected chi connectivity index (χ3v) is 2.95. The van der Waals surface area contributed by atoms with Gasteiger partial charge in [-0.2, -0.15) is 0 Å². The molecule has 0 saturated heterocycles. The van der Waals surface area contributed by atoms with Gasteiger partial charge in [-0.1, -0.05) is 35.3 Å². The molecule has 0 aliphatic rings. The molecule has 120 valence electrons. The number of phenolic OH excluding ortho intramolecular Hbond substituents is 2. The van der Waals surface area contributed by atoms with Crippen LogP contribution in [0, 0.1) is 0 Å². The topological polar surface area (TPSA) is 166 Å². The van der Waals surface area contributed by atoms with Crippen molar-refractivity contribution in [1.29, 1.82) is 0 Å². The quantitative estimate of drug-likeness (QED) is 0.821. The molecule has 0 aliphatic heterocycles. The van der Waals surface area contributed by atoms with E-state index in [1.54, 1.807) is 24.3 Å². The molecule has 10 N–H and O–H groups in total. The zero-order valence-electron chi connectivity index (χ0n) is 10.8. The zero-order valence-corrected chi connectivity index (χ0v) is 12.3. The van der Waals surface area contributed by atoms with Gasteiger partial charge in [0.15, 0.2) is 0 Å². The van der Waals surface area contributed by atoms with E-state index in [4.69, 9.17) is 23.2 Å². The van der Waals surface area contributed by atoms with Gasteiger partial charge in [0.1, 0.15) is 11.5 Å². The Kier molecular flexibility index (Phi) is 11.9. The van der Waals surface area contributed by atoms with Crippen molar-refractivity contribution in [1.82, 2.24) is 0 Å². The van der Waals surface area contributed by atoms with E-state index in [9.17, 15) is 10.2 Å². The molecule has 2 aromatic rings. The predicted molar refractivity (Wildman–Crippen MR) is 83.5 cm³/mol. The Morgan fingerprint density at radius 3 is 1.29 bits per heavy atom. The molecular weight excluding hydrogens is 323 g/mol. The maximum Gasteiger partial charge on any atom is 0.120 e. The van der Waals surface area contributed by atoms with Crippen molar-refractivity contribution in [3.8, 4) is 11.5 Å². The lowest BCUT2D eigenvalue weighted by molar-refractivity contribution is 0.463. The summed E-state index contributed by atoms with van der Waals surface area (Å²) in [6, 6.07) is 9.80. The van der Waals surface area contributed by atoms with Gasteiger partial charge >= 0.3 is 0 Å². The highest BCUT2D eigenvalue weighted by molar-refractivity contribution is 6.31. The molecule has 0 amide bonds. The first-order valence-electron chi connectivity index (χ1n) is 5.01. The van der Waals surface area contributed by atoms with Crippen LogP contribution in [0.4, 0.5) is 0 Å². The summed E-state index contributed by atoms with van der Waals surface area (Å²) in [5.41, 5.74) is 1.40. The summed E-state index contributed by atoms with van der Waals surface area (Å²) in [7, 11) is 0. The summed E-state index contributed by atoms with van der Waals surface area (Å²) in [4.78, 5) is 0.